The Morgan fingerprint density at radius 2 is 2.07 bits per heavy atom. The van der Waals surface area contributed by atoms with Crippen molar-refractivity contribution in [3.63, 3.8) is 0 Å². The van der Waals surface area contributed by atoms with Gasteiger partial charge < -0.3 is 4.98 Å². The van der Waals surface area contributed by atoms with Gasteiger partial charge in [0.1, 0.15) is 0 Å². The number of pyridine rings is 1. The number of halogens is 1. The maximum atomic E-state index is 12.9. The Morgan fingerprint density at radius 1 is 1.27 bits per heavy atom. The summed E-state index contributed by atoms with van der Waals surface area (Å²) < 4.78 is 12.9. The molecule has 0 saturated heterocycles. The summed E-state index contributed by atoms with van der Waals surface area (Å²) in [7, 11) is 0. The minimum absolute atomic E-state index is 0. The Kier molecular flexibility index (Phi) is 4.13. The molecule has 0 aliphatic heterocycles. The summed E-state index contributed by atoms with van der Waals surface area (Å²) in [4.78, 5) is 4.15. The molecule has 0 aliphatic rings. The standard InChI is InChI=1S/C12H9FN.Ir/c1-9-5-6-14-12(7-9)10-3-2-4-11(13)8-10;/h2,4-8H,1H3;/q-1;. The Labute approximate surface area is 102 Å². The van der Waals surface area contributed by atoms with Crippen molar-refractivity contribution in [2.45, 2.75) is 6.92 Å². The van der Waals surface area contributed by atoms with E-state index in [-0.39, 0.29) is 25.9 Å². The van der Waals surface area contributed by atoms with E-state index >= 15 is 0 Å². The normalized spacial score (nSPS) is 9.47. The molecule has 79 valence electrons. The minimum atomic E-state index is -0.262. The van der Waals surface area contributed by atoms with E-state index in [1.54, 1.807) is 12.3 Å². The van der Waals surface area contributed by atoms with E-state index in [9.17, 15) is 4.39 Å². The van der Waals surface area contributed by atoms with Gasteiger partial charge in [-0.15, -0.1) is 29.8 Å². The van der Waals surface area contributed by atoms with Crippen molar-refractivity contribution in [2.75, 3.05) is 0 Å². The van der Waals surface area contributed by atoms with Crippen molar-refractivity contribution in [1.29, 1.82) is 0 Å². The molecule has 0 saturated carbocycles. The first kappa shape index (κ1) is 12.0. The molecule has 1 radical (unpaired) electrons. The number of aromatic nitrogens is 1. The van der Waals surface area contributed by atoms with Crippen molar-refractivity contribution in [2.24, 2.45) is 0 Å². The molecule has 0 fully saturated rings. The number of hydrogen-bond acceptors (Lipinski definition) is 1. The first-order valence-corrected chi connectivity index (χ1v) is 4.36. The molecule has 2 rings (SSSR count). The zero-order chi connectivity index (χ0) is 9.97. The fraction of sp³-hybridized carbons (Fsp3) is 0.0833. The summed E-state index contributed by atoms with van der Waals surface area (Å²) in [5, 5.41) is 0. The van der Waals surface area contributed by atoms with Crippen molar-refractivity contribution in [1.82, 2.24) is 4.98 Å². The molecule has 0 aliphatic carbocycles. The predicted octanol–water partition coefficient (Wildman–Crippen LogP) is 2.99. The number of rotatable bonds is 1. The monoisotopic (exact) mass is 379 g/mol. The van der Waals surface area contributed by atoms with Gasteiger partial charge in [0.2, 0.25) is 0 Å². The van der Waals surface area contributed by atoms with Crippen LogP contribution >= 0.6 is 0 Å². The van der Waals surface area contributed by atoms with Gasteiger partial charge in [-0.05, 0) is 18.7 Å². The Balaban J connectivity index is 0.00000112. The summed E-state index contributed by atoms with van der Waals surface area (Å²) in [6.45, 7) is 1.98. The van der Waals surface area contributed by atoms with Crippen LogP contribution in [0.4, 0.5) is 4.39 Å². The summed E-state index contributed by atoms with van der Waals surface area (Å²) in [5.74, 6) is -0.262. The van der Waals surface area contributed by atoms with Gasteiger partial charge in [-0.2, -0.15) is 0 Å². The van der Waals surface area contributed by atoms with Crippen LogP contribution in [0.2, 0.25) is 0 Å². The van der Waals surface area contributed by atoms with Crippen LogP contribution in [-0.2, 0) is 20.1 Å². The predicted molar refractivity (Wildman–Crippen MR) is 53.2 cm³/mol. The average Bonchev–Trinajstić information content (AvgIpc) is 2.18. The van der Waals surface area contributed by atoms with Crippen LogP contribution in [0.15, 0.2) is 36.5 Å². The molecule has 1 aromatic carbocycles. The van der Waals surface area contributed by atoms with Gasteiger partial charge in [0.15, 0.2) is 0 Å². The molecule has 0 bridgehead atoms. The average molecular weight is 378 g/mol. The molecule has 0 unspecified atom stereocenters. The van der Waals surface area contributed by atoms with Crippen LogP contribution in [0.3, 0.4) is 0 Å². The first-order valence-electron chi connectivity index (χ1n) is 4.36. The van der Waals surface area contributed by atoms with Crippen LogP contribution in [0.5, 0.6) is 0 Å². The van der Waals surface area contributed by atoms with Crippen molar-refractivity contribution >= 4 is 0 Å². The second-order valence-corrected chi connectivity index (χ2v) is 3.14. The van der Waals surface area contributed by atoms with E-state index in [2.05, 4.69) is 11.1 Å². The molecular formula is C12H9FIrN-. The molecule has 0 spiro atoms. The number of hydrogen-bond donors (Lipinski definition) is 0. The Bertz CT molecular complexity index is 413. The fourth-order valence-corrected chi connectivity index (χ4v) is 1.27. The van der Waals surface area contributed by atoms with Crippen molar-refractivity contribution in [3.05, 3.63) is 54.0 Å². The fourth-order valence-electron chi connectivity index (χ4n) is 1.27. The maximum Gasteiger partial charge on any atom is 0.0418 e. The van der Waals surface area contributed by atoms with Gasteiger partial charge in [-0.1, -0.05) is 11.6 Å². The van der Waals surface area contributed by atoms with E-state index < -0.39 is 0 Å². The van der Waals surface area contributed by atoms with Crippen LogP contribution in [0.1, 0.15) is 5.56 Å². The van der Waals surface area contributed by atoms with E-state index in [4.69, 9.17) is 0 Å². The van der Waals surface area contributed by atoms with Gasteiger partial charge >= 0.3 is 0 Å². The number of benzene rings is 1. The summed E-state index contributed by atoms with van der Waals surface area (Å²) in [6, 6.07) is 11.1. The molecule has 3 heteroatoms. The largest absolute Gasteiger partial charge is 0.305 e. The minimum Gasteiger partial charge on any atom is -0.305 e. The third kappa shape index (κ3) is 2.95. The zero-order valence-electron chi connectivity index (χ0n) is 8.12. The molecule has 0 atom stereocenters. The molecule has 0 amide bonds. The summed E-state index contributed by atoms with van der Waals surface area (Å²) in [5.41, 5.74) is 2.55. The second kappa shape index (κ2) is 5.15. The topological polar surface area (TPSA) is 12.9 Å². The SMILES string of the molecule is Cc1ccnc(-c2[c-]ccc(F)c2)c1.[Ir]. The first-order chi connectivity index (χ1) is 6.75. The molecule has 1 nitrogen and oxygen atoms in total. The number of aryl methyl sites for hydroxylation is 1. The van der Waals surface area contributed by atoms with E-state index in [0.717, 1.165) is 11.3 Å². The molecule has 1 aromatic heterocycles. The second-order valence-electron chi connectivity index (χ2n) is 3.14. The Hall–Kier alpha value is -1.05. The molecule has 1 heterocycles. The van der Waals surface area contributed by atoms with Gasteiger partial charge in [0.25, 0.3) is 0 Å². The molecular weight excluding hydrogens is 369 g/mol. The Morgan fingerprint density at radius 3 is 2.73 bits per heavy atom. The van der Waals surface area contributed by atoms with Gasteiger partial charge in [0, 0.05) is 32.1 Å². The van der Waals surface area contributed by atoms with Crippen molar-refractivity contribution < 1.29 is 24.5 Å². The van der Waals surface area contributed by atoms with E-state index in [0.29, 0.717) is 5.56 Å². The van der Waals surface area contributed by atoms with Crippen LogP contribution < -0.4 is 0 Å². The smallest absolute Gasteiger partial charge is 0.0418 e. The van der Waals surface area contributed by atoms with Gasteiger partial charge in [0.05, 0.1) is 0 Å². The molecule has 0 N–H and O–H groups in total. The quantitative estimate of drug-likeness (QED) is 0.696. The van der Waals surface area contributed by atoms with Gasteiger partial charge in [-0.25, -0.2) is 4.39 Å². The van der Waals surface area contributed by atoms with Crippen LogP contribution in [0, 0.1) is 18.8 Å². The third-order valence-corrected chi connectivity index (χ3v) is 1.96. The van der Waals surface area contributed by atoms with Gasteiger partial charge in [-0.3, -0.25) is 0 Å². The summed E-state index contributed by atoms with van der Waals surface area (Å²) >= 11 is 0. The molecule has 2 aromatic rings. The zero-order valence-corrected chi connectivity index (χ0v) is 10.5. The van der Waals surface area contributed by atoms with E-state index in [1.165, 1.54) is 12.1 Å². The van der Waals surface area contributed by atoms with Crippen LogP contribution in [0.25, 0.3) is 11.3 Å². The van der Waals surface area contributed by atoms with Crippen molar-refractivity contribution in [3.8, 4) is 11.3 Å². The molecule has 15 heavy (non-hydrogen) atoms. The summed E-state index contributed by atoms with van der Waals surface area (Å²) in [6.07, 6.45) is 1.71. The van der Waals surface area contributed by atoms with Crippen LogP contribution in [-0.4, -0.2) is 4.98 Å². The maximum absolute atomic E-state index is 12.9. The van der Waals surface area contributed by atoms with E-state index in [1.807, 2.05) is 19.1 Å². The third-order valence-electron chi connectivity index (χ3n) is 1.96. The number of nitrogens with zero attached hydrogens (tertiary/aromatic N) is 1.